The molecule has 0 saturated carbocycles. The molecule has 0 aliphatic carbocycles. The molecule has 1 aliphatic rings. The Hall–Kier alpha value is -0.550. The highest BCUT2D eigenvalue weighted by Crippen LogP contribution is 2.27. The lowest BCUT2D eigenvalue weighted by molar-refractivity contribution is 0.539. The summed E-state index contributed by atoms with van der Waals surface area (Å²) in [5, 5.41) is 0. The highest BCUT2D eigenvalue weighted by atomic mass is 32.2. The Balaban J connectivity index is 2.40. The molecule has 0 spiro atoms. The third-order valence-corrected chi connectivity index (χ3v) is 3.61. The van der Waals surface area contributed by atoms with Crippen LogP contribution in [0.1, 0.15) is 12.5 Å². The van der Waals surface area contributed by atoms with Crippen molar-refractivity contribution in [3.63, 3.8) is 0 Å². The molecule has 0 radical (unpaired) electrons. The maximum absolute atomic E-state index is 10.9. The van der Waals surface area contributed by atoms with Crippen molar-refractivity contribution in [3.05, 3.63) is 27.4 Å². The fourth-order valence-corrected chi connectivity index (χ4v) is 2.97. The number of rotatable bonds is 1. The number of nitrogens with zero attached hydrogens (tertiary/aromatic N) is 1. The molecule has 0 bridgehead atoms. The Bertz CT molecular complexity index is 403. The van der Waals surface area contributed by atoms with E-state index in [1.807, 2.05) is 16.3 Å². The van der Waals surface area contributed by atoms with Crippen LogP contribution in [-0.4, -0.2) is 21.1 Å². The predicted molar refractivity (Wildman–Crippen MR) is 56.9 cm³/mol. The first-order valence-corrected chi connectivity index (χ1v) is 5.73. The maximum atomic E-state index is 10.9. The molecule has 2 rings (SSSR count). The summed E-state index contributed by atoms with van der Waals surface area (Å²) >= 11 is 7.01. The van der Waals surface area contributed by atoms with E-state index in [4.69, 9.17) is 12.2 Å². The van der Waals surface area contributed by atoms with Crippen molar-refractivity contribution in [2.75, 3.05) is 11.5 Å². The lowest BCUT2D eigenvalue weighted by Gasteiger charge is -2.12. The summed E-state index contributed by atoms with van der Waals surface area (Å²) < 4.78 is 2.52. The van der Waals surface area contributed by atoms with Gasteiger partial charge in [-0.05, 0) is 24.4 Å². The van der Waals surface area contributed by atoms with Gasteiger partial charge < -0.3 is 4.57 Å². The van der Waals surface area contributed by atoms with Crippen LogP contribution >= 0.6 is 24.0 Å². The first-order valence-electron chi connectivity index (χ1n) is 4.16. The van der Waals surface area contributed by atoms with Crippen molar-refractivity contribution >= 4 is 24.0 Å². The van der Waals surface area contributed by atoms with Gasteiger partial charge in [-0.2, -0.15) is 11.8 Å². The number of H-pyrrole nitrogens is 1. The van der Waals surface area contributed by atoms with Gasteiger partial charge in [0.05, 0.1) is 0 Å². The minimum Gasteiger partial charge on any atom is -0.321 e. The zero-order chi connectivity index (χ0) is 9.26. The minimum atomic E-state index is -0.119. The number of hydrogen-bond acceptors (Lipinski definition) is 3. The van der Waals surface area contributed by atoms with Gasteiger partial charge in [-0.15, -0.1) is 0 Å². The second-order valence-corrected chi connectivity index (χ2v) is 4.57. The van der Waals surface area contributed by atoms with Crippen molar-refractivity contribution in [2.24, 2.45) is 0 Å². The van der Waals surface area contributed by atoms with Crippen LogP contribution in [0.15, 0.2) is 17.1 Å². The summed E-state index contributed by atoms with van der Waals surface area (Å²) in [6.45, 7) is 0. The second-order valence-electron chi connectivity index (χ2n) is 3.03. The zero-order valence-electron chi connectivity index (χ0n) is 7.03. The van der Waals surface area contributed by atoms with E-state index in [1.54, 1.807) is 6.20 Å². The number of aromatic nitrogens is 2. The van der Waals surface area contributed by atoms with E-state index in [0.29, 0.717) is 10.8 Å². The van der Waals surface area contributed by atoms with E-state index in [9.17, 15) is 4.79 Å². The number of aromatic amines is 1. The first kappa shape index (κ1) is 9.02. The molecule has 3 nitrogen and oxygen atoms in total. The molecular weight excluding hydrogens is 204 g/mol. The molecule has 1 fully saturated rings. The molecular formula is C8H10N2OS2. The summed E-state index contributed by atoms with van der Waals surface area (Å²) in [6, 6.07) is 1.99. The topological polar surface area (TPSA) is 37.8 Å². The Morgan fingerprint density at radius 2 is 2.54 bits per heavy atom. The molecule has 1 saturated heterocycles. The van der Waals surface area contributed by atoms with Crippen molar-refractivity contribution in [1.82, 2.24) is 9.55 Å². The minimum absolute atomic E-state index is 0.119. The lowest BCUT2D eigenvalue weighted by atomic mass is 10.2. The van der Waals surface area contributed by atoms with E-state index >= 15 is 0 Å². The number of hydrogen-bond donors (Lipinski definition) is 1. The molecule has 13 heavy (non-hydrogen) atoms. The second kappa shape index (κ2) is 3.67. The van der Waals surface area contributed by atoms with Crippen LogP contribution in [0.5, 0.6) is 0 Å². The van der Waals surface area contributed by atoms with Gasteiger partial charge in [0.1, 0.15) is 0 Å². The molecule has 1 N–H and O–H groups in total. The highest BCUT2D eigenvalue weighted by molar-refractivity contribution is 7.99. The summed E-state index contributed by atoms with van der Waals surface area (Å²) in [4.78, 5) is 13.5. The highest BCUT2D eigenvalue weighted by Gasteiger charge is 2.16. The zero-order valence-corrected chi connectivity index (χ0v) is 8.66. The van der Waals surface area contributed by atoms with Crippen LogP contribution < -0.4 is 5.56 Å². The van der Waals surface area contributed by atoms with E-state index in [0.717, 1.165) is 12.2 Å². The summed E-state index contributed by atoms with van der Waals surface area (Å²) in [5.41, 5.74) is -0.119. The van der Waals surface area contributed by atoms with Gasteiger partial charge in [-0.25, -0.2) is 0 Å². The van der Waals surface area contributed by atoms with Gasteiger partial charge in [-0.1, -0.05) is 0 Å². The molecule has 0 amide bonds. The van der Waals surface area contributed by atoms with Crippen LogP contribution in [0.3, 0.4) is 0 Å². The van der Waals surface area contributed by atoms with Crippen LogP contribution in [0.4, 0.5) is 0 Å². The third-order valence-electron chi connectivity index (χ3n) is 2.15. The molecule has 5 heteroatoms. The third kappa shape index (κ3) is 1.86. The molecule has 2 heterocycles. The fraction of sp³-hybridized carbons (Fsp3) is 0.500. The fourth-order valence-electron chi connectivity index (χ4n) is 1.46. The quantitative estimate of drug-likeness (QED) is 0.721. The Labute approximate surface area is 85.2 Å². The van der Waals surface area contributed by atoms with Gasteiger partial charge in [0, 0.05) is 24.1 Å². The largest absolute Gasteiger partial charge is 0.321 e. The molecule has 1 unspecified atom stereocenters. The molecule has 1 atom stereocenters. The van der Waals surface area contributed by atoms with Crippen LogP contribution in [0.2, 0.25) is 0 Å². The van der Waals surface area contributed by atoms with Crippen LogP contribution in [0, 0.1) is 4.77 Å². The molecule has 0 aromatic carbocycles. The van der Waals surface area contributed by atoms with E-state index in [1.165, 1.54) is 11.8 Å². The predicted octanol–water partition coefficient (Wildman–Crippen LogP) is 1.58. The molecule has 1 aromatic rings. The monoisotopic (exact) mass is 214 g/mol. The van der Waals surface area contributed by atoms with Crippen LogP contribution in [-0.2, 0) is 0 Å². The van der Waals surface area contributed by atoms with Gasteiger partial charge in [0.2, 0.25) is 0 Å². The Morgan fingerprint density at radius 3 is 3.15 bits per heavy atom. The van der Waals surface area contributed by atoms with Crippen molar-refractivity contribution in [2.45, 2.75) is 12.5 Å². The van der Waals surface area contributed by atoms with Crippen molar-refractivity contribution < 1.29 is 0 Å². The first-order chi connectivity index (χ1) is 6.27. The molecule has 1 aromatic heterocycles. The standard InChI is InChI=1S/C8H10N2OS2/c11-7-1-3-10(8(12)9-7)6-2-4-13-5-6/h1,3,6H,2,4-5H2,(H,9,11,12). The normalized spacial score (nSPS) is 22.0. The van der Waals surface area contributed by atoms with Gasteiger partial charge in [0.15, 0.2) is 4.77 Å². The SMILES string of the molecule is O=c1ccn(C2CCSC2)c(=S)[nH]1. The lowest BCUT2D eigenvalue weighted by Crippen LogP contribution is -2.15. The summed E-state index contributed by atoms with van der Waals surface area (Å²) in [7, 11) is 0. The van der Waals surface area contributed by atoms with Crippen LogP contribution in [0.25, 0.3) is 0 Å². The molecule has 70 valence electrons. The average molecular weight is 214 g/mol. The summed E-state index contributed by atoms with van der Waals surface area (Å²) in [5.74, 6) is 2.28. The summed E-state index contributed by atoms with van der Waals surface area (Å²) in [6.07, 6.45) is 2.93. The van der Waals surface area contributed by atoms with Gasteiger partial charge in [0.25, 0.3) is 5.56 Å². The van der Waals surface area contributed by atoms with E-state index < -0.39 is 0 Å². The van der Waals surface area contributed by atoms with Gasteiger partial charge >= 0.3 is 0 Å². The smallest absolute Gasteiger partial charge is 0.251 e. The number of nitrogens with one attached hydrogen (secondary N) is 1. The Kier molecular flexibility index (Phi) is 2.55. The maximum Gasteiger partial charge on any atom is 0.251 e. The number of thioether (sulfide) groups is 1. The van der Waals surface area contributed by atoms with E-state index in [2.05, 4.69) is 4.98 Å². The molecule has 1 aliphatic heterocycles. The average Bonchev–Trinajstić information content (AvgIpc) is 2.56. The van der Waals surface area contributed by atoms with E-state index in [-0.39, 0.29) is 5.56 Å². The van der Waals surface area contributed by atoms with Gasteiger partial charge in [-0.3, -0.25) is 9.78 Å². The Morgan fingerprint density at radius 1 is 1.69 bits per heavy atom. The van der Waals surface area contributed by atoms with Crippen molar-refractivity contribution in [1.29, 1.82) is 0 Å². The van der Waals surface area contributed by atoms with Crippen molar-refractivity contribution in [3.8, 4) is 0 Å².